The van der Waals surface area contributed by atoms with Crippen LogP contribution >= 0.6 is 0 Å². The van der Waals surface area contributed by atoms with E-state index < -0.39 is 0 Å². The molecule has 0 radical (unpaired) electrons. The van der Waals surface area contributed by atoms with E-state index >= 15 is 0 Å². The fourth-order valence-electron chi connectivity index (χ4n) is 4.10. The van der Waals surface area contributed by atoms with E-state index in [1.807, 2.05) is 0 Å². The number of aliphatic hydroxyl groups excluding tert-OH is 1. The normalized spacial score (nSPS) is 34.3. The van der Waals surface area contributed by atoms with Crippen LogP contribution in [0.4, 0.5) is 0 Å². The van der Waals surface area contributed by atoms with E-state index in [-0.39, 0.29) is 5.54 Å². The molecule has 0 aromatic carbocycles. The monoisotopic (exact) mass is 268 g/mol. The Hall–Kier alpha value is -0.120. The zero-order chi connectivity index (χ0) is 13.9. The standard InChI is InChI=1S/C16H32N2O/c1-4-17-16(12-19)8-5-15(11-16)18-9-6-14(7-10-18)13(2)3/h13-15,17,19H,4-12H2,1-3H3. The molecule has 3 heteroatoms. The summed E-state index contributed by atoms with van der Waals surface area (Å²) in [5, 5.41) is 13.2. The van der Waals surface area contributed by atoms with Crippen LogP contribution in [0.2, 0.25) is 0 Å². The predicted molar refractivity (Wildman–Crippen MR) is 80.3 cm³/mol. The molecule has 2 rings (SSSR count). The minimum atomic E-state index is 0.00825. The first-order valence-corrected chi connectivity index (χ1v) is 8.20. The summed E-state index contributed by atoms with van der Waals surface area (Å²) in [5.74, 6) is 1.76. The van der Waals surface area contributed by atoms with E-state index in [2.05, 4.69) is 31.0 Å². The van der Waals surface area contributed by atoms with E-state index in [1.165, 1.54) is 32.4 Å². The summed E-state index contributed by atoms with van der Waals surface area (Å²) in [7, 11) is 0. The molecular weight excluding hydrogens is 236 g/mol. The Kier molecular flexibility index (Phi) is 5.27. The Morgan fingerprint density at radius 2 is 1.95 bits per heavy atom. The molecule has 19 heavy (non-hydrogen) atoms. The molecule has 0 aromatic rings. The zero-order valence-electron chi connectivity index (χ0n) is 13.0. The molecule has 0 bridgehead atoms. The van der Waals surface area contributed by atoms with Gasteiger partial charge in [-0.25, -0.2) is 0 Å². The summed E-state index contributed by atoms with van der Waals surface area (Å²) in [5.41, 5.74) is 0.00825. The minimum absolute atomic E-state index is 0.00825. The van der Waals surface area contributed by atoms with E-state index in [4.69, 9.17) is 0 Å². The summed E-state index contributed by atoms with van der Waals surface area (Å²) >= 11 is 0. The van der Waals surface area contributed by atoms with Crippen molar-refractivity contribution in [3.63, 3.8) is 0 Å². The summed E-state index contributed by atoms with van der Waals surface area (Å²) < 4.78 is 0. The van der Waals surface area contributed by atoms with E-state index in [1.54, 1.807) is 0 Å². The second-order valence-electron chi connectivity index (χ2n) is 6.98. The third-order valence-corrected chi connectivity index (χ3v) is 5.47. The van der Waals surface area contributed by atoms with Gasteiger partial charge < -0.3 is 15.3 Å². The van der Waals surface area contributed by atoms with Gasteiger partial charge >= 0.3 is 0 Å². The third kappa shape index (κ3) is 3.50. The average Bonchev–Trinajstić information content (AvgIpc) is 2.84. The highest BCUT2D eigenvalue weighted by molar-refractivity contribution is 4.99. The van der Waals surface area contributed by atoms with Crippen molar-refractivity contribution in [3.05, 3.63) is 0 Å². The van der Waals surface area contributed by atoms with Crippen LogP contribution in [0.5, 0.6) is 0 Å². The number of aliphatic hydroxyl groups is 1. The SMILES string of the molecule is CCNC1(CO)CCC(N2CCC(C(C)C)CC2)C1. The number of nitrogens with zero attached hydrogens (tertiary/aromatic N) is 1. The molecule has 2 unspecified atom stereocenters. The Morgan fingerprint density at radius 1 is 1.26 bits per heavy atom. The Balaban J connectivity index is 1.85. The maximum atomic E-state index is 9.70. The van der Waals surface area contributed by atoms with Gasteiger partial charge in [-0.15, -0.1) is 0 Å². The lowest BCUT2D eigenvalue weighted by Gasteiger charge is -2.38. The maximum Gasteiger partial charge on any atom is 0.0613 e. The van der Waals surface area contributed by atoms with E-state index in [0.717, 1.165) is 31.2 Å². The van der Waals surface area contributed by atoms with Gasteiger partial charge in [-0.05, 0) is 63.6 Å². The van der Waals surface area contributed by atoms with Crippen molar-refractivity contribution >= 4 is 0 Å². The smallest absolute Gasteiger partial charge is 0.0613 e. The summed E-state index contributed by atoms with van der Waals surface area (Å²) in [4.78, 5) is 2.69. The molecule has 1 aliphatic carbocycles. The zero-order valence-corrected chi connectivity index (χ0v) is 13.0. The lowest BCUT2D eigenvalue weighted by atomic mass is 9.86. The lowest BCUT2D eigenvalue weighted by Crippen LogP contribution is -2.48. The first-order chi connectivity index (χ1) is 9.10. The number of likely N-dealkylation sites (tertiary alicyclic amines) is 1. The van der Waals surface area contributed by atoms with Crippen LogP contribution < -0.4 is 5.32 Å². The molecule has 2 fully saturated rings. The van der Waals surface area contributed by atoms with Gasteiger partial charge in [-0.3, -0.25) is 0 Å². The second kappa shape index (κ2) is 6.55. The highest BCUT2D eigenvalue weighted by atomic mass is 16.3. The second-order valence-corrected chi connectivity index (χ2v) is 6.98. The van der Waals surface area contributed by atoms with Crippen LogP contribution in [0.25, 0.3) is 0 Å². The van der Waals surface area contributed by atoms with Crippen molar-refractivity contribution in [2.45, 2.75) is 64.5 Å². The number of piperidine rings is 1. The highest BCUT2D eigenvalue weighted by Crippen LogP contribution is 2.35. The fraction of sp³-hybridized carbons (Fsp3) is 1.00. The van der Waals surface area contributed by atoms with Crippen molar-refractivity contribution in [2.75, 3.05) is 26.2 Å². The minimum Gasteiger partial charge on any atom is -0.394 e. The van der Waals surface area contributed by atoms with Gasteiger partial charge in [0.25, 0.3) is 0 Å². The van der Waals surface area contributed by atoms with Crippen LogP contribution in [0.3, 0.4) is 0 Å². The van der Waals surface area contributed by atoms with Crippen LogP contribution in [0, 0.1) is 11.8 Å². The third-order valence-electron chi connectivity index (χ3n) is 5.47. The first kappa shape index (κ1) is 15.3. The molecule has 2 atom stereocenters. The molecule has 0 aromatic heterocycles. The molecule has 112 valence electrons. The molecule has 0 spiro atoms. The Labute approximate surface area is 118 Å². The van der Waals surface area contributed by atoms with Crippen LogP contribution in [0.15, 0.2) is 0 Å². The molecule has 2 N–H and O–H groups in total. The van der Waals surface area contributed by atoms with Gasteiger partial charge in [0, 0.05) is 11.6 Å². The summed E-state index contributed by atoms with van der Waals surface area (Å²) in [6.45, 7) is 10.6. The number of rotatable bonds is 5. The molecular formula is C16H32N2O. The van der Waals surface area contributed by atoms with Crippen molar-refractivity contribution < 1.29 is 5.11 Å². The van der Waals surface area contributed by atoms with Crippen molar-refractivity contribution in [3.8, 4) is 0 Å². The number of likely N-dealkylation sites (N-methyl/N-ethyl adjacent to an activating group) is 1. The summed E-state index contributed by atoms with van der Waals surface area (Å²) in [6, 6.07) is 0.694. The van der Waals surface area contributed by atoms with E-state index in [9.17, 15) is 5.11 Å². The van der Waals surface area contributed by atoms with Gasteiger partial charge in [0.2, 0.25) is 0 Å². The largest absolute Gasteiger partial charge is 0.394 e. The topological polar surface area (TPSA) is 35.5 Å². The fourth-order valence-corrected chi connectivity index (χ4v) is 4.10. The highest BCUT2D eigenvalue weighted by Gasteiger charge is 2.40. The van der Waals surface area contributed by atoms with Crippen LogP contribution in [-0.4, -0.2) is 47.8 Å². The van der Waals surface area contributed by atoms with Crippen LogP contribution in [-0.2, 0) is 0 Å². The molecule has 1 aliphatic heterocycles. The Bertz CT molecular complexity index is 274. The van der Waals surface area contributed by atoms with E-state index in [0.29, 0.717) is 12.6 Å². The molecule has 1 heterocycles. The molecule has 1 saturated carbocycles. The number of hydrogen-bond acceptors (Lipinski definition) is 3. The molecule has 3 nitrogen and oxygen atoms in total. The van der Waals surface area contributed by atoms with Crippen molar-refractivity contribution in [2.24, 2.45) is 11.8 Å². The summed E-state index contributed by atoms with van der Waals surface area (Å²) in [6.07, 6.45) is 6.23. The van der Waals surface area contributed by atoms with Gasteiger partial charge in [0.05, 0.1) is 6.61 Å². The van der Waals surface area contributed by atoms with Gasteiger partial charge in [0.1, 0.15) is 0 Å². The number of nitrogens with one attached hydrogen (secondary N) is 1. The predicted octanol–water partition coefficient (Wildman–Crippen LogP) is 2.25. The Morgan fingerprint density at radius 3 is 2.47 bits per heavy atom. The van der Waals surface area contributed by atoms with Crippen molar-refractivity contribution in [1.29, 1.82) is 0 Å². The van der Waals surface area contributed by atoms with Crippen LogP contribution in [0.1, 0.15) is 52.9 Å². The molecule has 1 saturated heterocycles. The van der Waals surface area contributed by atoms with Crippen molar-refractivity contribution in [1.82, 2.24) is 10.2 Å². The molecule has 2 aliphatic rings. The quantitative estimate of drug-likeness (QED) is 0.803. The molecule has 0 amide bonds. The average molecular weight is 268 g/mol. The van der Waals surface area contributed by atoms with Gasteiger partial charge in [0.15, 0.2) is 0 Å². The lowest BCUT2D eigenvalue weighted by molar-refractivity contribution is 0.103. The maximum absolute atomic E-state index is 9.70. The van der Waals surface area contributed by atoms with Gasteiger partial charge in [-0.1, -0.05) is 20.8 Å². The number of hydrogen-bond donors (Lipinski definition) is 2. The first-order valence-electron chi connectivity index (χ1n) is 8.20. The van der Waals surface area contributed by atoms with Gasteiger partial charge in [-0.2, -0.15) is 0 Å².